The maximum Gasteiger partial charge on any atom is 0.170 e. The molecule has 0 fully saturated rings. The lowest BCUT2D eigenvalue weighted by Crippen LogP contribution is -1.68. The van der Waals surface area contributed by atoms with Crippen LogP contribution < -0.4 is 0 Å². The molecule has 2 aromatic heterocycles. The van der Waals surface area contributed by atoms with Gasteiger partial charge in [0, 0.05) is 16.8 Å². The number of aryl methyl sites for hydroxylation is 1. The summed E-state index contributed by atoms with van der Waals surface area (Å²) in [7, 11) is 0. The molecule has 0 aliphatic carbocycles. The zero-order valence-electron chi connectivity index (χ0n) is 10.8. The van der Waals surface area contributed by atoms with Gasteiger partial charge in [0.25, 0.3) is 0 Å². The summed E-state index contributed by atoms with van der Waals surface area (Å²) in [6, 6.07) is 12.7. The smallest absolute Gasteiger partial charge is 0.170 e. The Hall–Kier alpha value is -2.82. The van der Waals surface area contributed by atoms with Gasteiger partial charge in [0.2, 0.25) is 0 Å². The molecular weight excluding hydrogens is 256 g/mol. The first-order chi connectivity index (χ1) is 9.74. The number of rotatable bonds is 0. The van der Waals surface area contributed by atoms with Crippen LogP contribution in [0, 0.1) is 6.92 Å². The van der Waals surface area contributed by atoms with E-state index in [2.05, 4.69) is 10.3 Å². The van der Waals surface area contributed by atoms with E-state index in [0.29, 0.717) is 5.58 Å². The van der Waals surface area contributed by atoms with Gasteiger partial charge in [-0.15, -0.1) is 0 Å². The summed E-state index contributed by atoms with van der Waals surface area (Å²) in [6.07, 6.45) is 1.70. The number of phenols is 1. The molecule has 2 heterocycles. The van der Waals surface area contributed by atoms with Crippen molar-refractivity contribution in [2.45, 2.75) is 6.92 Å². The Labute approximate surface area is 114 Å². The van der Waals surface area contributed by atoms with Crippen LogP contribution in [0.4, 0.5) is 0 Å². The zero-order valence-corrected chi connectivity index (χ0v) is 10.8. The molecule has 0 saturated heterocycles. The van der Waals surface area contributed by atoms with E-state index < -0.39 is 0 Å². The second kappa shape index (κ2) is 5.05. The summed E-state index contributed by atoms with van der Waals surface area (Å²) >= 11 is 0. The standard InChI is InChI=1S/C8H7NO2.C7H5NO/c1-5-7-3-2-6(10)4-8(7)11-9-5;1-2-4-7-6(3-1)5-8-9-7/h2-4,10H,1H3;1-5H. The second-order valence-electron chi connectivity index (χ2n) is 4.31. The van der Waals surface area contributed by atoms with Crippen LogP contribution in [0.15, 0.2) is 57.7 Å². The third-order valence-corrected chi connectivity index (χ3v) is 2.90. The first kappa shape index (κ1) is 12.2. The highest BCUT2D eigenvalue weighted by Gasteiger charge is 2.02. The van der Waals surface area contributed by atoms with Crippen LogP contribution in [0.25, 0.3) is 21.9 Å². The van der Waals surface area contributed by atoms with Gasteiger partial charge < -0.3 is 14.2 Å². The molecule has 100 valence electrons. The van der Waals surface area contributed by atoms with Crippen LogP contribution in [0.5, 0.6) is 5.75 Å². The Morgan fingerprint density at radius 1 is 1.00 bits per heavy atom. The summed E-state index contributed by atoms with van der Waals surface area (Å²) in [5.41, 5.74) is 2.32. The molecule has 20 heavy (non-hydrogen) atoms. The highest BCUT2D eigenvalue weighted by molar-refractivity contribution is 5.80. The Balaban J connectivity index is 0.000000123. The van der Waals surface area contributed by atoms with Gasteiger partial charge >= 0.3 is 0 Å². The normalized spacial score (nSPS) is 10.4. The first-order valence-corrected chi connectivity index (χ1v) is 6.08. The molecule has 0 radical (unpaired) electrons. The number of hydrogen-bond donors (Lipinski definition) is 1. The summed E-state index contributed by atoms with van der Waals surface area (Å²) in [5.74, 6) is 0.202. The minimum Gasteiger partial charge on any atom is -0.508 e. The molecule has 0 spiro atoms. The molecule has 0 aliphatic rings. The van der Waals surface area contributed by atoms with Crippen LogP contribution in [-0.4, -0.2) is 15.4 Å². The largest absolute Gasteiger partial charge is 0.508 e. The van der Waals surface area contributed by atoms with Gasteiger partial charge in [0.1, 0.15) is 5.75 Å². The lowest BCUT2D eigenvalue weighted by atomic mass is 10.2. The van der Waals surface area contributed by atoms with Gasteiger partial charge in [-0.2, -0.15) is 0 Å². The molecule has 0 saturated carbocycles. The Morgan fingerprint density at radius 3 is 2.70 bits per heavy atom. The van der Waals surface area contributed by atoms with E-state index in [1.54, 1.807) is 24.4 Å². The summed E-state index contributed by atoms with van der Waals surface area (Å²) in [6.45, 7) is 1.86. The van der Waals surface area contributed by atoms with Crippen molar-refractivity contribution in [3.05, 3.63) is 54.4 Å². The number of aromatic hydroxyl groups is 1. The maximum absolute atomic E-state index is 9.05. The second-order valence-corrected chi connectivity index (χ2v) is 4.31. The number of nitrogens with zero attached hydrogens (tertiary/aromatic N) is 2. The number of benzene rings is 2. The van der Waals surface area contributed by atoms with Gasteiger partial charge in [-0.3, -0.25) is 0 Å². The minimum absolute atomic E-state index is 0.202. The van der Waals surface area contributed by atoms with Crippen LogP contribution in [0.3, 0.4) is 0 Å². The lowest BCUT2D eigenvalue weighted by Gasteiger charge is -1.88. The quantitative estimate of drug-likeness (QED) is 0.526. The minimum atomic E-state index is 0.202. The third-order valence-electron chi connectivity index (χ3n) is 2.90. The number of hydrogen-bond acceptors (Lipinski definition) is 5. The molecule has 5 heteroatoms. The third kappa shape index (κ3) is 2.33. The molecule has 0 unspecified atom stereocenters. The lowest BCUT2D eigenvalue weighted by molar-refractivity contribution is 0.444. The summed E-state index contributed by atoms with van der Waals surface area (Å²) in [4.78, 5) is 0. The van der Waals surface area contributed by atoms with Gasteiger partial charge in [-0.25, -0.2) is 0 Å². The average Bonchev–Trinajstić information content (AvgIpc) is 3.06. The van der Waals surface area contributed by atoms with Crippen molar-refractivity contribution in [3.63, 3.8) is 0 Å². The fourth-order valence-corrected chi connectivity index (χ4v) is 1.86. The predicted octanol–water partition coefficient (Wildman–Crippen LogP) is 3.67. The van der Waals surface area contributed by atoms with Crippen LogP contribution >= 0.6 is 0 Å². The molecule has 4 rings (SSSR count). The van der Waals surface area contributed by atoms with Crippen molar-refractivity contribution in [3.8, 4) is 5.75 Å². The van der Waals surface area contributed by atoms with E-state index in [1.165, 1.54) is 0 Å². The van der Waals surface area contributed by atoms with Gasteiger partial charge in [0.15, 0.2) is 11.2 Å². The number of fused-ring (bicyclic) bond motifs is 2. The Bertz CT molecular complexity index is 818. The number of aromatic nitrogens is 2. The molecule has 2 aromatic carbocycles. The number of para-hydroxylation sites is 1. The first-order valence-electron chi connectivity index (χ1n) is 6.08. The predicted molar refractivity (Wildman–Crippen MR) is 74.4 cm³/mol. The average molecular weight is 268 g/mol. The van der Waals surface area contributed by atoms with Crippen molar-refractivity contribution >= 4 is 21.9 Å². The maximum atomic E-state index is 9.05. The van der Waals surface area contributed by atoms with Crippen molar-refractivity contribution in [1.29, 1.82) is 0 Å². The fourth-order valence-electron chi connectivity index (χ4n) is 1.86. The molecule has 0 amide bonds. The van der Waals surface area contributed by atoms with Crippen molar-refractivity contribution < 1.29 is 14.2 Å². The SMILES string of the molecule is Cc1noc2cc(O)ccc12.c1ccc2oncc2c1. The van der Waals surface area contributed by atoms with Gasteiger partial charge in [-0.05, 0) is 31.2 Å². The molecule has 5 nitrogen and oxygen atoms in total. The highest BCUT2D eigenvalue weighted by Crippen LogP contribution is 2.21. The van der Waals surface area contributed by atoms with E-state index in [0.717, 1.165) is 22.0 Å². The molecule has 1 N–H and O–H groups in total. The molecule has 0 aliphatic heterocycles. The molecular formula is C15H12N2O3. The molecule has 0 atom stereocenters. The van der Waals surface area contributed by atoms with Crippen molar-refractivity contribution in [2.24, 2.45) is 0 Å². The van der Waals surface area contributed by atoms with Crippen LogP contribution in [0.1, 0.15) is 5.69 Å². The molecule has 4 aromatic rings. The summed E-state index contributed by atoms with van der Waals surface area (Å²) < 4.78 is 9.79. The summed E-state index contributed by atoms with van der Waals surface area (Å²) in [5, 5.41) is 18.4. The van der Waals surface area contributed by atoms with E-state index in [4.69, 9.17) is 14.2 Å². The fraction of sp³-hybridized carbons (Fsp3) is 0.0667. The van der Waals surface area contributed by atoms with E-state index >= 15 is 0 Å². The Morgan fingerprint density at radius 2 is 1.85 bits per heavy atom. The van der Waals surface area contributed by atoms with Gasteiger partial charge in [0.05, 0.1) is 11.9 Å². The molecule has 0 bridgehead atoms. The van der Waals surface area contributed by atoms with E-state index in [-0.39, 0.29) is 5.75 Å². The monoisotopic (exact) mass is 268 g/mol. The van der Waals surface area contributed by atoms with Crippen LogP contribution in [-0.2, 0) is 0 Å². The van der Waals surface area contributed by atoms with E-state index in [1.807, 2.05) is 31.2 Å². The van der Waals surface area contributed by atoms with Crippen molar-refractivity contribution in [1.82, 2.24) is 10.3 Å². The zero-order chi connectivity index (χ0) is 13.9. The topological polar surface area (TPSA) is 72.3 Å². The van der Waals surface area contributed by atoms with Crippen LogP contribution in [0.2, 0.25) is 0 Å². The highest BCUT2D eigenvalue weighted by atomic mass is 16.5. The number of phenolic OH excluding ortho intramolecular Hbond substituents is 1. The van der Waals surface area contributed by atoms with Crippen molar-refractivity contribution in [2.75, 3.05) is 0 Å². The van der Waals surface area contributed by atoms with Gasteiger partial charge in [-0.1, -0.05) is 22.4 Å². The van der Waals surface area contributed by atoms with E-state index in [9.17, 15) is 0 Å². The Kier molecular flexibility index (Phi) is 3.09.